The van der Waals surface area contributed by atoms with Crippen LogP contribution in [0.4, 0.5) is 9.18 Å². The Labute approximate surface area is 186 Å². The summed E-state index contributed by atoms with van der Waals surface area (Å²) in [6.07, 6.45) is 6.12. The first kappa shape index (κ1) is 21.9. The molecule has 6 nitrogen and oxygen atoms in total. The third-order valence-electron chi connectivity index (χ3n) is 6.10. The molecule has 7 heteroatoms. The minimum absolute atomic E-state index is 0.00124. The second-order valence-corrected chi connectivity index (χ2v) is 8.03. The molecule has 3 aromatic rings. The lowest BCUT2D eigenvalue weighted by molar-refractivity contribution is -0.0680. The number of hydrogen-bond acceptors (Lipinski definition) is 5. The van der Waals surface area contributed by atoms with Crippen LogP contribution < -0.4 is 0 Å². The number of amides is 1. The Morgan fingerprint density at radius 3 is 2.53 bits per heavy atom. The summed E-state index contributed by atoms with van der Waals surface area (Å²) in [6.45, 7) is 2.46. The Morgan fingerprint density at radius 1 is 1.16 bits per heavy atom. The average molecular weight is 435 g/mol. The van der Waals surface area contributed by atoms with E-state index in [0.717, 1.165) is 22.4 Å². The van der Waals surface area contributed by atoms with E-state index in [9.17, 15) is 14.3 Å². The molecule has 1 amide bonds. The van der Waals surface area contributed by atoms with Crippen molar-refractivity contribution in [1.29, 1.82) is 0 Å². The number of nitrogens with zero attached hydrogens (tertiary/aromatic N) is 3. The summed E-state index contributed by atoms with van der Waals surface area (Å²) in [6, 6.07) is 13.8. The molecule has 4 rings (SSSR count). The maximum atomic E-state index is 13.4. The van der Waals surface area contributed by atoms with Crippen LogP contribution in [0.25, 0.3) is 11.3 Å². The molecule has 2 atom stereocenters. The maximum Gasteiger partial charge on any atom is 0.411 e. The fraction of sp³-hybridized carbons (Fsp3) is 0.320. The SMILES string of the molecule is C[C@@H](c1ccc(-c2cnccn2)cc1)N1CCC(CCCO)(c2ccc(F)cc2)OC1=O. The van der Waals surface area contributed by atoms with E-state index in [2.05, 4.69) is 9.97 Å². The Hall–Kier alpha value is -3.32. The Morgan fingerprint density at radius 2 is 1.91 bits per heavy atom. The van der Waals surface area contributed by atoms with E-state index < -0.39 is 11.7 Å². The number of ether oxygens (including phenoxy) is 1. The van der Waals surface area contributed by atoms with Crippen LogP contribution in [0.15, 0.2) is 67.1 Å². The monoisotopic (exact) mass is 435 g/mol. The van der Waals surface area contributed by atoms with Gasteiger partial charge in [-0.05, 0) is 43.0 Å². The van der Waals surface area contributed by atoms with Gasteiger partial charge in [-0.2, -0.15) is 0 Å². The molecule has 0 aliphatic carbocycles. The zero-order chi connectivity index (χ0) is 22.6. The van der Waals surface area contributed by atoms with Gasteiger partial charge in [-0.3, -0.25) is 9.97 Å². The molecular formula is C25H26FN3O3. The number of carbonyl (C=O) groups excluding carboxylic acids is 1. The zero-order valence-electron chi connectivity index (χ0n) is 17.9. The van der Waals surface area contributed by atoms with Gasteiger partial charge in [0, 0.05) is 37.5 Å². The summed E-state index contributed by atoms with van der Waals surface area (Å²) < 4.78 is 19.4. The molecule has 1 unspecified atom stereocenters. The number of aliphatic hydroxyl groups excluding tert-OH is 1. The molecule has 2 aromatic carbocycles. The van der Waals surface area contributed by atoms with Gasteiger partial charge in [0.2, 0.25) is 0 Å². The minimum Gasteiger partial charge on any atom is -0.438 e. The number of hydrogen-bond donors (Lipinski definition) is 1. The molecule has 2 heterocycles. The van der Waals surface area contributed by atoms with E-state index in [-0.39, 0.29) is 18.5 Å². The van der Waals surface area contributed by atoms with Crippen molar-refractivity contribution in [2.24, 2.45) is 0 Å². The first-order chi connectivity index (χ1) is 15.5. The molecule has 1 aliphatic heterocycles. The van der Waals surface area contributed by atoms with Crippen molar-refractivity contribution in [2.45, 2.75) is 37.8 Å². The van der Waals surface area contributed by atoms with Crippen molar-refractivity contribution in [2.75, 3.05) is 13.2 Å². The third-order valence-corrected chi connectivity index (χ3v) is 6.10. The molecule has 1 fully saturated rings. The molecule has 166 valence electrons. The summed E-state index contributed by atoms with van der Waals surface area (Å²) >= 11 is 0. The van der Waals surface area contributed by atoms with E-state index in [1.54, 1.807) is 35.6 Å². The van der Waals surface area contributed by atoms with Crippen molar-refractivity contribution in [3.63, 3.8) is 0 Å². The maximum absolute atomic E-state index is 13.4. The number of aromatic nitrogens is 2. The lowest BCUT2D eigenvalue weighted by Crippen LogP contribution is -2.48. The van der Waals surface area contributed by atoms with Gasteiger partial charge < -0.3 is 14.7 Å². The van der Waals surface area contributed by atoms with Crippen LogP contribution in [-0.2, 0) is 10.3 Å². The number of rotatable bonds is 7. The van der Waals surface area contributed by atoms with Crippen molar-refractivity contribution in [3.8, 4) is 11.3 Å². The molecule has 0 saturated carbocycles. The van der Waals surface area contributed by atoms with E-state index in [1.807, 2.05) is 31.2 Å². The van der Waals surface area contributed by atoms with Gasteiger partial charge in [0.1, 0.15) is 11.4 Å². The molecule has 1 aromatic heterocycles. The standard InChI is InChI=1S/C25H26FN3O3/c1-18(19-3-5-20(6-4-19)23-17-27-13-14-28-23)29-15-12-25(11-2-16-30,32-24(29)31)21-7-9-22(26)10-8-21/h3-10,13-14,17-18,30H,2,11-12,15-16H2,1H3/t18-,25?/m0/s1. The van der Waals surface area contributed by atoms with Crippen LogP contribution in [0, 0.1) is 5.82 Å². The van der Waals surface area contributed by atoms with Crippen molar-refractivity contribution < 1.29 is 19.0 Å². The Balaban J connectivity index is 1.51. The molecule has 1 aliphatic rings. The van der Waals surface area contributed by atoms with E-state index in [1.165, 1.54) is 12.1 Å². The van der Waals surface area contributed by atoms with Crippen LogP contribution >= 0.6 is 0 Å². The molecule has 0 bridgehead atoms. The lowest BCUT2D eigenvalue weighted by atomic mass is 9.84. The Bertz CT molecular complexity index is 1040. The van der Waals surface area contributed by atoms with Gasteiger partial charge in [-0.15, -0.1) is 0 Å². The second kappa shape index (κ2) is 9.44. The largest absolute Gasteiger partial charge is 0.438 e. The third kappa shape index (κ3) is 4.48. The highest BCUT2D eigenvalue weighted by atomic mass is 19.1. The van der Waals surface area contributed by atoms with E-state index >= 15 is 0 Å². The number of halogens is 1. The van der Waals surface area contributed by atoms with Crippen molar-refractivity contribution in [3.05, 3.63) is 84.1 Å². The fourth-order valence-corrected chi connectivity index (χ4v) is 4.22. The van der Waals surface area contributed by atoms with Gasteiger partial charge in [0.15, 0.2) is 0 Å². The minimum atomic E-state index is -0.862. The van der Waals surface area contributed by atoms with Crippen LogP contribution in [0.5, 0.6) is 0 Å². The normalized spacial score (nSPS) is 19.5. The number of carbonyl (C=O) groups is 1. The average Bonchev–Trinajstić information content (AvgIpc) is 2.83. The zero-order valence-corrected chi connectivity index (χ0v) is 17.9. The molecular weight excluding hydrogens is 409 g/mol. The second-order valence-electron chi connectivity index (χ2n) is 8.03. The highest BCUT2D eigenvalue weighted by molar-refractivity contribution is 5.70. The highest BCUT2D eigenvalue weighted by Gasteiger charge is 2.43. The Kier molecular flexibility index (Phi) is 6.46. The summed E-state index contributed by atoms with van der Waals surface area (Å²) in [4.78, 5) is 23.2. The lowest BCUT2D eigenvalue weighted by Gasteiger charge is -2.43. The number of cyclic esters (lactones) is 1. The van der Waals surface area contributed by atoms with Crippen LogP contribution in [-0.4, -0.2) is 39.2 Å². The van der Waals surface area contributed by atoms with Gasteiger partial charge in [0.05, 0.1) is 17.9 Å². The van der Waals surface area contributed by atoms with E-state index in [0.29, 0.717) is 25.8 Å². The first-order valence-electron chi connectivity index (χ1n) is 10.8. The molecule has 1 saturated heterocycles. The quantitative estimate of drug-likeness (QED) is 0.574. The molecule has 0 spiro atoms. The van der Waals surface area contributed by atoms with Crippen LogP contribution in [0.2, 0.25) is 0 Å². The van der Waals surface area contributed by atoms with Crippen LogP contribution in [0.3, 0.4) is 0 Å². The topological polar surface area (TPSA) is 75.6 Å². The smallest absolute Gasteiger partial charge is 0.411 e. The first-order valence-corrected chi connectivity index (χ1v) is 10.8. The fourth-order valence-electron chi connectivity index (χ4n) is 4.22. The van der Waals surface area contributed by atoms with Crippen molar-refractivity contribution >= 4 is 6.09 Å². The van der Waals surface area contributed by atoms with Gasteiger partial charge >= 0.3 is 6.09 Å². The highest BCUT2D eigenvalue weighted by Crippen LogP contribution is 2.40. The summed E-state index contributed by atoms with van der Waals surface area (Å²) in [7, 11) is 0. The molecule has 1 N–H and O–H groups in total. The van der Waals surface area contributed by atoms with E-state index in [4.69, 9.17) is 4.74 Å². The van der Waals surface area contributed by atoms with Crippen molar-refractivity contribution in [1.82, 2.24) is 14.9 Å². The number of benzene rings is 2. The number of aliphatic hydroxyl groups is 1. The summed E-state index contributed by atoms with van der Waals surface area (Å²) in [5.74, 6) is -0.339. The summed E-state index contributed by atoms with van der Waals surface area (Å²) in [5.41, 5.74) is 2.62. The molecule has 0 radical (unpaired) electrons. The molecule has 32 heavy (non-hydrogen) atoms. The predicted molar refractivity (Wildman–Crippen MR) is 118 cm³/mol. The van der Waals surface area contributed by atoms with Gasteiger partial charge in [-0.1, -0.05) is 36.4 Å². The predicted octanol–water partition coefficient (Wildman–Crippen LogP) is 4.85. The summed E-state index contributed by atoms with van der Waals surface area (Å²) in [5, 5.41) is 9.34. The van der Waals surface area contributed by atoms with Gasteiger partial charge in [0.25, 0.3) is 0 Å². The van der Waals surface area contributed by atoms with Gasteiger partial charge in [-0.25, -0.2) is 9.18 Å². The van der Waals surface area contributed by atoms with Crippen LogP contribution in [0.1, 0.15) is 43.4 Å².